The zero-order chi connectivity index (χ0) is 17.0. The lowest BCUT2D eigenvalue weighted by Crippen LogP contribution is -2.18. The van der Waals surface area contributed by atoms with E-state index in [9.17, 15) is 4.79 Å². The second-order valence-electron chi connectivity index (χ2n) is 6.08. The molecule has 0 bridgehead atoms. The van der Waals surface area contributed by atoms with Gasteiger partial charge in [0, 0.05) is 24.7 Å². The highest BCUT2D eigenvalue weighted by atomic mass is 35.5. The predicted molar refractivity (Wildman–Crippen MR) is 99.1 cm³/mol. The first-order valence-electron chi connectivity index (χ1n) is 7.73. The Bertz CT molecular complexity index is 678. The van der Waals surface area contributed by atoms with Gasteiger partial charge in [0.15, 0.2) is 5.78 Å². The average Bonchev–Trinajstić information content (AvgIpc) is 2.52. The van der Waals surface area contributed by atoms with Crippen LogP contribution in [0.2, 0.25) is 5.02 Å². The molecule has 23 heavy (non-hydrogen) atoms. The first kappa shape index (κ1) is 17.4. The third-order valence-electron chi connectivity index (χ3n) is 3.74. The number of hydrogen-bond acceptors (Lipinski definition) is 3. The number of carbonyl (C=O) groups excluding carboxylic acids is 1. The van der Waals surface area contributed by atoms with Crippen molar-refractivity contribution in [2.24, 2.45) is 0 Å². The molecule has 0 atom stereocenters. The van der Waals surface area contributed by atoms with Gasteiger partial charge in [0.2, 0.25) is 0 Å². The molecule has 0 radical (unpaired) electrons. The smallest absolute Gasteiger partial charge is 0.181 e. The first-order valence-corrected chi connectivity index (χ1v) is 8.10. The maximum atomic E-state index is 12.3. The van der Waals surface area contributed by atoms with Gasteiger partial charge in [-0.3, -0.25) is 4.79 Å². The Morgan fingerprint density at radius 2 is 1.78 bits per heavy atom. The number of hydrogen-bond donors (Lipinski definition) is 1. The minimum atomic E-state index is 0.0429. The van der Waals surface area contributed by atoms with Gasteiger partial charge in [-0.25, -0.2) is 0 Å². The van der Waals surface area contributed by atoms with Crippen LogP contribution in [0.5, 0.6) is 0 Å². The van der Waals surface area contributed by atoms with E-state index >= 15 is 0 Å². The largest absolute Gasteiger partial charge is 0.376 e. The third kappa shape index (κ3) is 4.26. The summed E-state index contributed by atoms with van der Waals surface area (Å²) in [7, 11) is 4.04. The molecule has 0 unspecified atom stereocenters. The van der Waals surface area contributed by atoms with Crippen molar-refractivity contribution < 1.29 is 4.79 Å². The molecule has 0 amide bonds. The van der Waals surface area contributed by atoms with Crippen LogP contribution in [0.4, 0.5) is 11.4 Å². The number of halogens is 1. The van der Waals surface area contributed by atoms with Gasteiger partial charge >= 0.3 is 0 Å². The summed E-state index contributed by atoms with van der Waals surface area (Å²) in [5.41, 5.74) is 4.03. The monoisotopic (exact) mass is 330 g/mol. The number of ketones is 1. The fourth-order valence-electron chi connectivity index (χ4n) is 2.58. The van der Waals surface area contributed by atoms with Gasteiger partial charge in [0.1, 0.15) is 0 Å². The third-order valence-corrected chi connectivity index (χ3v) is 3.99. The number of nitrogens with one attached hydrogen (secondary N) is 1. The van der Waals surface area contributed by atoms with Gasteiger partial charge in [-0.15, -0.1) is 0 Å². The van der Waals surface area contributed by atoms with Crippen molar-refractivity contribution >= 4 is 28.8 Å². The molecule has 4 heteroatoms. The van der Waals surface area contributed by atoms with Crippen LogP contribution in [0.25, 0.3) is 0 Å². The molecule has 0 saturated heterocycles. The van der Waals surface area contributed by atoms with Crippen LogP contribution in [-0.2, 0) is 0 Å². The van der Waals surface area contributed by atoms with Crippen molar-refractivity contribution in [3.8, 4) is 0 Å². The Hall–Kier alpha value is -2.00. The molecule has 2 aromatic rings. The zero-order valence-corrected chi connectivity index (χ0v) is 14.8. The summed E-state index contributed by atoms with van der Waals surface area (Å²) in [6.07, 6.45) is 0. The molecule has 0 aromatic heterocycles. The van der Waals surface area contributed by atoms with E-state index in [4.69, 9.17) is 11.6 Å². The van der Waals surface area contributed by atoms with Crippen molar-refractivity contribution in [3.63, 3.8) is 0 Å². The highest BCUT2D eigenvalue weighted by Gasteiger charge is 2.14. The molecule has 0 aliphatic rings. The zero-order valence-electron chi connectivity index (χ0n) is 14.1. The fraction of sp³-hybridized carbons (Fsp3) is 0.316. The van der Waals surface area contributed by atoms with Crippen LogP contribution < -0.4 is 10.2 Å². The second kappa shape index (κ2) is 7.51. The minimum absolute atomic E-state index is 0.0429. The van der Waals surface area contributed by atoms with Crippen LogP contribution >= 0.6 is 11.6 Å². The second-order valence-corrected chi connectivity index (χ2v) is 6.51. The summed E-state index contributed by atoms with van der Waals surface area (Å²) < 4.78 is 0. The summed E-state index contributed by atoms with van der Waals surface area (Å²) in [4.78, 5) is 14.4. The number of para-hydroxylation sites is 1. The topological polar surface area (TPSA) is 32.3 Å². The molecule has 0 saturated carbocycles. The standard InChI is InChI=1S/C19H23ClN2O/c1-13(2)16-6-5-7-17(19(16)22(3)4)21-12-18(23)14-8-10-15(20)11-9-14/h5-11,13,21H,12H2,1-4H3. The van der Waals surface area contributed by atoms with Crippen LogP contribution in [-0.4, -0.2) is 26.4 Å². The molecule has 0 heterocycles. The summed E-state index contributed by atoms with van der Waals surface area (Å²) in [6.45, 7) is 4.60. The van der Waals surface area contributed by atoms with E-state index in [-0.39, 0.29) is 12.3 Å². The molecule has 1 N–H and O–H groups in total. The Kier molecular flexibility index (Phi) is 5.67. The van der Waals surface area contributed by atoms with Gasteiger partial charge in [-0.1, -0.05) is 37.6 Å². The molecule has 2 rings (SSSR count). The van der Waals surface area contributed by atoms with E-state index < -0.39 is 0 Å². The first-order chi connectivity index (χ1) is 10.9. The van der Waals surface area contributed by atoms with Gasteiger partial charge in [-0.2, -0.15) is 0 Å². The summed E-state index contributed by atoms with van der Waals surface area (Å²) in [5, 5.41) is 3.91. The molecular formula is C19H23ClN2O. The summed E-state index contributed by atoms with van der Waals surface area (Å²) >= 11 is 5.86. The van der Waals surface area contributed by atoms with Gasteiger partial charge in [0.05, 0.1) is 17.9 Å². The van der Waals surface area contributed by atoms with Crippen LogP contribution in [0, 0.1) is 0 Å². The van der Waals surface area contributed by atoms with Crippen molar-refractivity contribution in [1.82, 2.24) is 0 Å². The molecule has 0 spiro atoms. The van der Waals surface area contributed by atoms with Crippen molar-refractivity contribution in [2.75, 3.05) is 30.9 Å². The molecule has 122 valence electrons. The number of rotatable bonds is 6. The Labute approximate surface area is 143 Å². The Balaban J connectivity index is 2.18. The normalized spacial score (nSPS) is 10.7. The van der Waals surface area contributed by atoms with Gasteiger partial charge in [0.25, 0.3) is 0 Å². The highest BCUT2D eigenvalue weighted by molar-refractivity contribution is 6.30. The lowest BCUT2D eigenvalue weighted by Gasteiger charge is -2.24. The van der Waals surface area contributed by atoms with Crippen molar-refractivity contribution in [3.05, 3.63) is 58.6 Å². The number of anilines is 2. The molecular weight excluding hydrogens is 308 g/mol. The van der Waals surface area contributed by atoms with E-state index in [0.717, 1.165) is 11.4 Å². The number of carbonyl (C=O) groups is 1. The Morgan fingerprint density at radius 3 is 2.35 bits per heavy atom. The summed E-state index contributed by atoms with van der Waals surface area (Å²) in [5.74, 6) is 0.461. The average molecular weight is 331 g/mol. The van der Waals surface area contributed by atoms with Gasteiger partial charge in [-0.05, 0) is 41.8 Å². The van der Waals surface area contributed by atoms with Crippen LogP contribution in [0.1, 0.15) is 35.7 Å². The maximum Gasteiger partial charge on any atom is 0.181 e. The van der Waals surface area contributed by atoms with E-state index in [1.54, 1.807) is 24.3 Å². The lowest BCUT2D eigenvalue weighted by atomic mass is 9.99. The predicted octanol–water partition coefficient (Wildman–Crippen LogP) is 4.82. The molecule has 0 aliphatic carbocycles. The van der Waals surface area contributed by atoms with E-state index in [1.165, 1.54) is 5.56 Å². The van der Waals surface area contributed by atoms with E-state index in [2.05, 4.69) is 30.1 Å². The maximum absolute atomic E-state index is 12.3. The minimum Gasteiger partial charge on any atom is -0.376 e. The number of nitrogens with zero attached hydrogens (tertiary/aromatic N) is 1. The van der Waals surface area contributed by atoms with Crippen molar-refractivity contribution in [1.29, 1.82) is 0 Å². The van der Waals surface area contributed by atoms with Crippen LogP contribution in [0.3, 0.4) is 0 Å². The van der Waals surface area contributed by atoms with Crippen LogP contribution in [0.15, 0.2) is 42.5 Å². The quantitative estimate of drug-likeness (QED) is 0.770. The van der Waals surface area contributed by atoms with Crippen molar-refractivity contribution in [2.45, 2.75) is 19.8 Å². The molecule has 0 aliphatic heterocycles. The molecule has 0 fully saturated rings. The lowest BCUT2D eigenvalue weighted by molar-refractivity contribution is 0.101. The summed E-state index contributed by atoms with van der Waals surface area (Å²) in [6, 6.07) is 13.1. The van der Waals surface area contributed by atoms with E-state index in [1.807, 2.05) is 26.2 Å². The number of benzene rings is 2. The highest BCUT2D eigenvalue weighted by Crippen LogP contribution is 2.33. The molecule has 2 aromatic carbocycles. The fourth-order valence-corrected chi connectivity index (χ4v) is 2.71. The number of Topliss-reactive ketones (excluding diaryl/α,β-unsaturated/α-hetero) is 1. The SMILES string of the molecule is CC(C)c1cccc(NCC(=O)c2ccc(Cl)cc2)c1N(C)C. The Morgan fingerprint density at radius 1 is 1.13 bits per heavy atom. The van der Waals surface area contributed by atoms with Gasteiger partial charge < -0.3 is 10.2 Å². The molecule has 3 nitrogen and oxygen atoms in total. The van der Waals surface area contributed by atoms with E-state index in [0.29, 0.717) is 16.5 Å².